The second-order valence-corrected chi connectivity index (χ2v) is 4.61. The number of alkyl halides is 3. The summed E-state index contributed by atoms with van der Waals surface area (Å²) in [6, 6.07) is 3.64. The molecule has 0 unspecified atom stereocenters. The van der Waals surface area contributed by atoms with Gasteiger partial charge >= 0.3 is 6.18 Å². The molecule has 1 aliphatic heterocycles. The highest BCUT2D eigenvalue weighted by Crippen LogP contribution is 2.35. The zero-order valence-electron chi connectivity index (χ0n) is 10.4. The van der Waals surface area contributed by atoms with Gasteiger partial charge in [-0.2, -0.15) is 13.2 Å². The van der Waals surface area contributed by atoms with Crippen LogP contribution in [0, 0.1) is 5.92 Å². The van der Waals surface area contributed by atoms with Crippen LogP contribution in [0.15, 0.2) is 18.2 Å². The van der Waals surface area contributed by atoms with Gasteiger partial charge in [-0.25, -0.2) is 0 Å². The average Bonchev–Trinajstić information content (AvgIpc) is 2.37. The Balaban J connectivity index is 2.00. The molecular weight excluding hydrogens is 259 g/mol. The highest BCUT2D eigenvalue weighted by molar-refractivity contribution is 5.51. The molecule has 2 N–H and O–H groups in total. The maximum Gasteiger partial charge on any atom is 0.418 e. The molecule has 0 atom stereocenters. The molecule has 106 valence electrons. The fourth-order valence-electron chi connectivity index (χ4n) is 2.00. The molecule has 0 amide bonds. The van der Waals surface area contributed by atoms with Crippen LogP contribution in [0.5, 0.6) is 5.75 Å². The molecule has 2 rings (SSSR count). The van der Waals surface area contributed by atoms with Crippen molar-refractivity contribution in [3.8, 4) is 5.75 Å². The van der Waals surface area contributed by atoms with Crippen LogP contribution in [0.4, 0.5) is 18.9 Å². The second-order valence-electron chi connectivity index (χ2n) is 4.61. The van der Waals surface area contributed by atoms with Crippen molar-refractivity contribution in [1.29, 1.82) is 0 Å². The van der Waals surface area contributed by atoms with Gasteiger partial charge in [0.2, 0.25) is 0 Å². The number of hydrogen-bond acceptors (Lipinski definition) is 3. The molecule has 19 heavy (non-hydrogen) atoms. The molecule has 1 aromatic rings. The fraction of sp³-hybridized carbons (Fsp3) is 0.538. The lowest BCUT2D eigenvalue weighted by Crippen LogP contribution is -2.21. The van der Waals surface area contributed by atoms with Crippen molar-refractivity contribution in [3.63, 3.8) is 0 Å². The quantitative estimate of drug-likeness (QED) is 0.862. The first-order chi connectivity index (χ1) is 8.97. The summed E-state index contributed by atoms with van der Waals surface area (Å²) in [6.45, 7) is 1.78. The summed E-state index contributed by atoms with van der Waals surface area (Å²) in [6.07, 6.45) is -2.70. The largest absolute Gasteiger partial charge is 0.493 e. The van der Waals surface area contributed by atoms with Crippen LogP contribution in [-0.4, -0.2) is 19.8 Å². The smallest absolute Gasteiger partial charge is 0.418 e. The Hall–Kier alpha value is -1.43. The molecule has 1 aliphatic rings. The van der Waals surface area contributed by atoms with Crippen LogP contribution in [0.2, 0.25) is 0 Å². The van der Waals surface area contributed by atoms with Gasteiger partial charge in [-0.1, -0.05) is 0 Å². The molecule has 1 heterocycles. The Bertz CT molecular complexity index is 428. The van der Waals surface area contributed by atoms with Crippen molar-refractivity contribution in [3.05, 3.63) is 23.8 Å². The van der Waals surface area contributed by atoms with Gasteiger partial charge in [-0.05, 0) is 37.0 Å². The molecule has 6 heteroatoms. The van der Waals surface area contributed by atoms with E-state index in [0.717, 1.165) is 18.9 Å². The van der Waals surface area contributed by atoms with E-state index in [-0.39, 0.29) is 11.4 Å². The number of halogens is 3. The van der Waals surface area contributed by atoms with Gasteiger partial charge in [0.25, 0.3) is 0 Å². The zero-order chi connectivity index (χ0) is 13.9. The molecule has 0 saturated carbocycles. The van der Waals surface area contributed by atoms with Gasteiger partial charge < -0.3 is 15.2 Å². The van der Waals surface area contributed by atoms with Crippen molar-refractivity contribution in [2.24, 2.45) is 5.92 Å². The van der Waals surface area contributed by atoms with E-state index in [9.17, 15) is 13.2 Å². The maximum atomic E-state index is 12.7. The van der Waals surface area contributed by atoms with Crippen molar-refractivity contribution >= 4 is 5.69 Å². The second kappa shape index (κ2) is 5.69. The molecule has 0 aliphatic carbocycles. The summed E-state index contributed by atoms with van der Waals surface area (Å²) in [4.78, 5) is 0. The summed E-state index contributed by atoms with van der Waals surface area (Å²) in [7, 11) is 0. The van der Waals surface area contributed by atoms with Gasteiger partial charge in [-0.3, -0.25) is 0 Å². The Morgan fingerprint density at radius 1 is 1.26 bits per heavy atom. The molecule has 1 fully saturated rings. The summed E-state index contributed by atoms with van der Waals surface area (Å²) < 4.78 is 48.7. The zero-order valence-corrected chi connectivity index (χ0v) is 10.4. The number of hydrogen-bond donors (Lipinski definition) is 1. The van der Waals surface area contributed by atoms with Gasteiger partial charge in [0.15, 0.2) is 0 Å². The van der Waals surface area contributed by atoms with E-state index in [1.54, 1.807) is 0 Å². The number of nitrogen functional groups attached to an aromatic ring is 1. The van der Waals surface area contributed by atoms with Crippen molar-refractivity contribution in [2.75, 3.05) is 25.6 Å². The Labute approximate surface area is 109 Å². The lowest BCUT2D eigenvalue weighted by molar-refractivity contribution is -0.137. The number of nitrogens with two attached hydrogens (primary N) is 1. The fourth-order valence-corrected chi connectivity index (χ4v) is 2.00. The van der Waals surface area contributed by atoms with E-state index in [1.807, 2.05) is 0 Å². The predicted molar refractivity (Wildman–Crippen MR) is 64.9 cm³/mol. The highest BCUT2D eigenvalue weighted by Gasteiger charge is 2.33. The lowest BCUT2D eigenvalue weighted by Gasteiger charge is -2.22. The van der Waals surface area contributed by atoms with Crippen LogP contribution in [0.1, 0.15) is 18.4 Å². The van der Waals surface area contributed by atoms with Crippen molar-refractivity contribution < 1.29 is 22.6 Å². The summed E-state index contributed by atoms with van der Waals surface area (Å²) in [5, 5.41) is 0. The third-order valence-corrected chi connectivity index (χ3v) is 3.16. The van der Waals surface area contributed by atoms with E-state index < -0.39 is 11.7 Å². The Kier molecular flexibility index (Phi) is 4.19. The minimum atomic E-state index is -4.46. The first-order valence-corrected chi connectivity index (χ1v) is 6.14. The molecule has 1 saturated heterocycles. The third kappa shape index (κ3) is 3.76. The van der Waals surface area contributed by atoms with Gasteiger partial charge in [0, 0.05) is 18.9 Å². The van der Waals surface area contributed by atoms with E-state index in [4.69, 9.17) is 15.2 Å². The molecule has 1 aromatic carbocycles. The van der Waals surface area contributed by atoms with Crippen LogP contribution in [0.3, 0.4) is 0 Å². The van der Waals surface area contributed by atoms with E-state index in [0.29, 0.717) is 25.7 Å². The SMILES string of the molecule is Nc1ccc(OCC2CCOCC2)cc1C(F)(F)F. The molecular formula is C13H16F3NO2. The van der Waals surface area contributed by atoms with Crippen LogP contribution >= 0.6 is 0 Å². The standard InChI is InChI=1S/C13H16F3NO2/c14-13(15,16)11-7-10(1-2-12(11)17)19-8-9-3-5-18-6-4-9/h1-2,7,9H,3-6,8,17H2. The van der Waals surface area contributed by atoms with Crippen molar-refractivity contribution in [2.45, 2.75) is 19.0 Å². The Morgan fingerprint density at radius 2 is 1.95 bits per heavy atom. The normalized spacial score (nSPS) is 17.4. The van der Waals surface area contributed by atoms with Gasteiger partial charge in [0.05, 0.1) is 12.2 Å². The lowest BCUT2D eigenvalue weighted by atomic mass is 10.0. The van der Waals surface area contributed by atoms with Gasteiger partial charge in [-0.15, -0.1) is 0 Å². The summed E-state index contributed by atoms with van der Waals surface area (Å²) in [5.74, 6) is 0.536. The van der Waals surface area contributed by atoms with Gasteiger partial charge in [0.1, 0.15) is 5.75 Å². The first-order valence-electron chi connectivity index (χ1n) is 6.14. The summed E-state index contributed by atoms with van der Waals surface area (Å²) >= 11 is 0. The third-order valence-electron chi connectivity index (χ3n) is 3.16. The highest BCUT2D eigenvalue weighted by atomic mass is 19.4. The topological polar surface area (TPSA) is 44.5 Å². The number of ether oxygens (including phenoxy) is 2. The first kappa shape index (κ1) is 14.0. The minimum absolute atomic E-state index is 0.202. The van der Waals surface area contributed by atoms with Crippen molar-refractivity contribution in [1.82, 2.24) is 0 Å². The monoisotopic (exact) mass is 275 g/mol. The molecule has 0 aromatic heterocycles. The minimum Gasteiger partial charge on any atom is -0.493 e. The van der Waals surface area contributed by atoms with Crippen LogP contribution < -0.4 is 10.5 Å². The molecule has 0 bridgehead atoms. The average molecular weight is 275 g/mol. The number of benzene rings is 1. The molecule has 0 radical (unpaired) electrons. The maximum absolute atomic E-state index is 12.7. The van der Waals surface area contributed by atoms with Crippen LogP contribution in [0.25, 0.3) is 0 Å². The molecule has 3 nitrogen and oxygen atoms in total. The molecule has 0 spiro atoms. The number of anilines is 1. The predicted octanol–water partition coefficient (Wildman–Crippen LogP) is 3.09. The van der Waals surface area contributed by atoms with E-state index >= 15 is 0 Å². The van der Waals surface area contributed by atoms with E-state index in [1.165, 1.54) is 12.1 Å². The Morgan fingerprint density at radius 3 is 2.58 bits per heavy atom. The van der Waals surface area contributed by atoms with E-state index in [2.05, 4.69) is 0 Å². The summed E-state index contributed by atoms with van der Waals surface area (Å²) in [5.41, 5.74) is 4.19. The van der Waals surface area contributed by atoms with Crippen LogP contribution in [-0.2, 0) is 10.9 Å². The number of rotatable bonds is 3.